The molecule has 1 fully saturated rings. The van der Waals surface area contributed by atoms with Crippen molar-refractivity contribution in [3.8, 4) is 5.75 Å². The van der Waals surface area contributed by atoms with Crippen LogP contribution in [-0.2, 0) is 4.74 Å². The average molecular weight is 170 g/mol. The minimum absolute atomic E-state index is 0.282. The SMILES string of the molecule is c1cc(O[C@@H]2CCOC2)cs1. The first-order valence-electron chi connectivity index (χ1n) is 3.72. The molecule has 1 aliphatic rings. The molecule has 1 aromatic heterocycles. The molecule has 1 aromatic rings. The van der Waals surface area contributed by atoms with Crippen molar-refractivity contribution >= 4 is 11.3 Å². The van der Waals surface area contributed by atoms with Gasteiger partial charge in [0.2, 0.25) is 0 Å². The average Bonchev–Trinajstić information content (AvgIpc) is 2.60. The predicted molar refractivity (Wildman–Crippen MR) is 44.2 cm³/mol. The molecule has 0 saturated carbocycles. The predicted octanol–water partition coefficient (Wildman–Crippen LogP) is 1.92. The molecule has 1 saturated heterocycles. The number of ether oxygens (including phenoxy) is 2. The fraction of sp³-hybridized carbons (Fsp3) is 0.500. The van der Waals surface area contributed by atoms with Crippen LogP contribution in [0.3, 0.4) is 0 Å². The van der Waals surface area contributed by atoms with Gasteiger partial charge in [0.1, 0.15) is 11.9 Å². The molecular formula is C8H10O2S. The summed E-state index contributed by atoms with van der Waals surface area (Å²) in [6.45, 7) is 1.59. The van der Waals surface area contributed by atoms with Crippen LogP contribution in [-0.4, -0.2) is 19.3 Å². The molecule has 1 aliphatic heterocycles. The van der Waals surface area contributed by atoms with E-state index in [1.165, 1.54) is 0 Å². The van der Waals surface area contributed by atoms with Crippen molar-refractivity contribution in [2.45, 2.75) is 12.5 Å². The number of thiophene rings is 1. The fourth-order valence-electron chi connectivity index (χ4n) is 1.12. The summed E-state index contributed by atoms with van der Waals surface area (Å²) < 4.78 is 10.8. The molecule has 0 aromatic carbocycles. The zero-order valence-corrected chi connectivity index (χ0v) is 6.97. The highest BCUT2D eigenvalue weighted by atomic mass is 32.1. The van der Waals surface area contributed by atoms with Crippen molar-refractivity contribution < 1.29 is 9.47 Å². The number of hydrogen-bond acceptors (Lipinski definition) is 3. The summed E-state index contributed by atoms with van der Waals surface area (Å²) in [5.41, 5.74) is 0. The normalized spacial score (nSPS) is 23.8. The lowest BCUT2D eigenvalue weighted by molar-refractivity contribution is 0.141. The maximum absolute atomic E-state index is 5.60. The lowest BCUT2D eigenvalue weighted by Gasteiger charge is -2.08. The third-order valence-corrected chi connectivity index (χ3v) is 2.35. The Morgan fingerprint density at radius 1 is 1.64 bits per heavy atom. The van der Waals surface area contributed by atoms with E-state index in [1.807, 2.05) is 16.8 Å². The maximum Gasteiger partial charge on any atom is 0.130 e. The molecule has 0 spiro atoms. The van der Waals surface area contributed by atoms with Crippen LogP contribution in [0.1, 0.15) is 6.42 Å². The summed E-state index contributed by atoms with van der Waals surface area (Å²) in [5, 5.41) is 4.03. The Hall–Kier alpha value is -0.540. The van der Waals surface area contributed by atoms with Gasteiger partial charge in [-0.05, 0) is 11.4 Å². The second kappa shape index (κ2) is 3.24. The molecule has 0 amide bonds. The van der Waals surface area contributed by atoms with E-state index >= 15 is 0 Å². The second-order valence-electron chi connectivity index (χ2n) is 2.56. The summed E-state index contributed by atoms with van der Waals surface area (Å²) in [7, 11) is 0. The Morgan fingerprint density at radius 3 is 3.27 bits per heavy atom. The molecule has 0 unspecified atom stereocenters. The standard InChI is InChI=1S/C8H10O2S/c1-3-9-5-7(1)10-8-2-4-11-6-8/h2,4,6-7H,1,3,5H2/t7-/m1/s1. The Balaban J connectivity index is 1.90. The van der Waals surface area contributed by atoms with E-state index < -0.39 is 0 Å². The summed E-state index contributed by atoms with van der Waals surface area (Å²) in [6, 6.07) is 1.99. The van der Waals surface area contributed by atoms with Gasteiger partial charge < -0.3 is 9.47 Å². The molecule has 3 heteroatoms. The Morgan fingerprint density at radius 2 is 2.64 bits per heavy atom. The monoisotopic (exact) mass is 170 g/mol. The van der Waals surface area contributed by atoms with E-state index in [1.54, 1.807) is 11.3 Å². The third-order valence-electron chi connectivity index (χ3n) is 1.69. The largest absolute Gasteiger partial charge is 0.487 e. The van der Waals surface area contributed by atoms with Crippen LogP contribution in [0.4, 0.5) is 0 Å². The molecule has 0 N–H and O–H groups in total. The molecule has 1 atom stereocenters. The van der Waals surface area contributed by atoms with Crippen LogP contribution in [0, 0.1) is 0 Å². The van der Waals surface area contributed by atoms with E-state index in [0.717, 1.165) is 25.4 Å². The van der Waals surface area contributed by atoms with Crippen LogP contribution >= 0.6 is 11.3 Å². The van der Waals surface area contributed by atoms with Crippen LogP contribution in [0.15, 0.2) is 16.8 Å². The van der Waals surface area contributed by atoms with Crippen LogP contribution < -0.4 is 4.74 Å². The van der Waals surface area contributed by atoms with E-state index in [0.29, 0.717) is 0 Å². The van der Waals surface area contributed by atoms with Crippen molar-refractivity contribution in [2.24, 2.45) is 0 Å². The molecule has 2 heterocycles. The van der Waals surface area contributed by atoms with Gasteiger partial charge >= 0.3 is 0 Å². The minimum atomic E-state index is 0.282. The van der Waals surface area contributed by atoms with Gasteiger partial charge in [-0.2, -0.15) is 0 Å². The molecule has 11 heavy (non-hydrogen) atoms. The van der Waals surface area contributed by atoms with Crippen LogP contribution in [0.5, 0.6) is 5.75 Å². The number of hydrogen-bond donors (Lipinski definition) is 0. The molecule has 60 valence electrons. The third kappa shape index (κ3) is 1.73. The van der Waals surface area contributed by atoms with Gasteiger partial charge in [-0.1, -0.05) is 0 Å². The smallest absolute Gasteiger partial charge is 0.130 e. The lowest BCUT2D eigenvalue weighted by Crippen LogP contribution is -2.14. The zero-order chi connectivity index (χ0) is 7.52. The first-order valence-corrected chi connectivity index (χ1v) is 4.66. The minimum Gasteiger partial charge on any atom is -0.487 e. The van der Waals surface area contributed by atoms with E-state index in [-0.39, 0.29) is 6.10 Å². The van der Waals surface area contributed by atoms with Crippen molar-refractivity contribution in [2.75, 3.05) is 13.2 Å². The molecule has 0 radical (unpaired) electrons. The van der Waals surface area contributed by atoms with E-state index in [4.69, 9.17) is 9.47 Å². The van der Waals surface area contributed by atoms with Gasteiger partial charge in [0.15, 0.2) is 0 Å². The summed E-state index contributed by atoms with van der Waals surface area (Å²) in [4.78, 5) is 0. The summed E-state index contributed by atoms with van der Waals surface area (Å²) >= 11 is 1.66. The van der Waals surface area contributed by atoms with Gasteiger partial charge in [0, 0.05) is 11.8 Å². The van der Waals surface area contributed by atoms with Crippen molar-refractivity contribution in [1.82, 2.24) is 0 Å². The maximum atomic E-state index is 5.60. The lowest BCUT2D eigenvalue weighted by atomic mass is 10.3. The van der Waals surface area contributed by atoms with Crippen molar-refractivity contribution in [3.63, 3.8) is 0 Å². The van der Waals surface area contributed by atoms with Crippen LogP contribution in [0.2, 0.25) is 0 Å². The fourth-order valence-corrected chi connectivity index (χ4v) is 1.68. The molecule has 0 aliphatic carbocycles. The summed E-state index contributed by atoms with van der Waals surface area (Å²) in [6.07, 6.45) is 1.31. The first kappa shape index (κ1) is 7.13. The van der Waals surface area contributed by atoms with Gasteiger partial charge in [-0.15, -0.1) is 11.3 Å². The first-order chi connectivity index (χ1) is 5.45. The van der Waals surface area contributed by atoms with E-state index in [2.05, 4.69) is 0 Å². The van der Waals surface area contributed by atoms with Gasteiger partial charge in [-0.25, -0.2) is 0 Å². The molecule has 2 nitrogen and oxygen atoms in total. The zero-order valence-electron chi connectivity index (χ0n) is 6.16. The van der Waals surface area contributed by atoms with E-state index in [9.17, 15) is 0 Å². The summed E-state index contributed by atoms with van der Waals surface area (Å²) in [5.74, 6) is 0.977. The van der Waals surface area contributed by atoms with Gasteiger partial charge in [0.25, 0.3) is 0 Å². The van der Waals surface area contributed by atoms with Gasteiger partial charge in [-0.3, -0.25) is 0 Å². The van der Waals surface area contributed by atoms with Crippen LogP contribution in [0.25, 0.3) is 0 Å². The topological polar surface area (TPSA) is 18.5 Å². The van der Waals surface area contributed by atoms with Crippen molar-refractivity contribution in [3.05, 3.63) is 16.8 Å². The highest BCUT2D eigenvalue weighted by Crippen LogP contribution is 2.19. The Labute approximate surface area is 69.8 Å². The highest BCUT2D eigenvalue weighted by Gasteiger charge is 2.16. The quantitative estimate of drug-likeness (QED) is 0.675. The molecular weight excluding hydrogens is 160 g/mol. The second-order valence-corrected chi connectivity index (χ2v) is 3.34. The Kier molecular flexibility index (Phi) is 2.10. The number of rotatable bonds is 2. The van der Waals surface area contributed by atoms with Crippen molar-refractivity contribution in [1.29, 1.82) is 0 Å². The molecule has 0 bridgehead atoms. The molecule has 2 rings (SSSR count). The van der Waals surface area contributed by atoms with Gasteiger partial charge in [0.05, 0.1) is 13.2 Å². The Bertz CT molecular complexity index is 202. The highest BCUT2D eigenvalue weighted by molar-refractivity contribution is 7.08.